The summed E-state index contributed by atoms with van der Waals surface area (Å²) < 4.78 is 4.60. The largest absolute Gasteiger partial charge is 0.465 e. The number of esters is 1. The first-order valence-electron chi connectivity index (χ1n) is 3.83. The minimum Gasteiger partial charge on any atom is -0.465 e. The van der Waals surface area contributed by atoms with Crippen LogP contribution >= 0.6 is 0 Å². The number of H-pyrrole nitrogens is 1. The van der Waals surface area contributed by atoms with E-state index in [9.17, 15) is 4.79 Å². The van der Waals surface area contributed by atoms with Crippen LogP contribution in [0.25, 0.3) is 11.0 Å². The van der Waals surface area contributed by atoms with E-state index in [1.54, 1.807) is 18.5 Å². The Morgan fingerprint density at radius 3 is 3.23 bits per heavy atom. The molecule has 2 rings (SSSR count). The summed E-state index contributed by atoms with van der Waals surface area (Å²) in [5, 5.41) is 0. The number of aromatic nitrogens is 2. The van der Waals surface area contributed by atoms with Crippen LogP contribution in [-0.2, 0) is 4.74 Å². The van der Waals surface area contributed by atoms with Gasteiger partial charge in [0.25, 0.3) is 0 Å². The molecule has 0 bridgehead atoms. The lowest BCUT2D eigenvalue weighted by Crippen LogP contribution is -1.99. The third kappa shape index (κ3) is 1.16. The van der Waals surface area contributed by atoms with Gasteiger partial charge in [-0.05, 0) is 12.1 Å². The zero-order chi connectivity index (χ0) is 9.26. The van der Waals surface area contributed by atoms with Gasteiger partial charge in [0.2, 0.25) is 0 Å². The van der Waals surface area contributed by atoms with E-state index in [1.807, 2.05) is 6.07 Å². The fourth-order valence-electron chi connectivity index (χ4n) is 1.22. The van der Waals surface area contributed by atoms with E-state index in [-0.39, 0.29) is 5.97 Å². The van der Waals surface area contributed by atoms with Crippen molar-refractivity contribution in [3.63, 3.8) is 0 Å². The molecule has 0 fully saturated rings. The summed E-state index contributed by atoms with van der Waals surface area (Å²) in [5.41, 5.74) is 1.95. The van der Waals surface area contributed by atoms with Gasteiger partial charge in [-0.25, -0.2) is 4.79 Å². The average molecular weight is 176 g/mol. The first kappa shape index (κ1) is 7.79. The SMILES string of the molecule is COC(=O)c1c[nH]c2cccnc12. The summed E-state index contributed by atoms with van der Waals surface area (Å²) >= 11 is 0. The van der Waals surface area contributed by atoms with Gasteiger partial charge in [-0.1, -0.05) is 0 Å². The molecule has 2 aromatic heterocycles. The second kappa shape index (κ2) is 2.90. The number of methoxy groups -OCH3 is 1. The van der Waals surface area contributed by atoms with E-state index in [1.165, 1.54) is 7.11 Å². The summed E-state index contributed by atoms with van der Waals surface area (Å²) in [6.45, 7) is 0. The van der Waals surface area contributed by atoms with Gasteiger partial charge in [0, 0.05) is 12.4 Å². The van der Waals surface area contributed by atoms with E-state index in [0.29, 0.717) is 11.1 Å². The van der Waals surface area contributed by atoms with Crippen LogP contribution in [0.5, 0.6) is 0 Å². The van der Waals surface area contributed by atoms with Crippen molar-refractivity contribution in [1.82, 2.24) is 9.97 Å². The molecular formula is C9H8N2O2. The predicted octanol–water partition coefficient (Wildman–Crippen LogP) is 1.35. The number of nitrogens with one attached hydrogen (secondary N) is 1. The Morgan fingerprint density at radius 2 is 2.46 bits per heavy atom. The Hall–Kier alpha value is -1.84. The van der Waals surface area contributed by atoms with Gasteiger partial charge >= 0.3 is 5.97 Å². The number of nitrogens with zero attached hydrogens (tertiary/aromatic N) is 1. The van der Waals surface area contributed by atoms with Crippen molar-refractivity contribution in [2.24, 2.45) is 0 Å². The Bertz CT molecular complexity index is 448. The van der Waals surface area contributed by atoms with Crippen molar-refractivity contribution in [2.75, 3.05) is 7.11 Å². The number of carbonyl (C=O) groups excluding carboxylic acids is 1. The molecule has 0 amide bonds. The van der Waals surface area contributed by atoms with Crippen LogP contribution in [0.4, 0.5) is 0 Å². The molecule has 0 atom stereocenters. The minimum absolute atomic E-state index is 0.370. The molecule has 0 aromatic carbocycles. The molecule has 1 N–H and O–H groups in total. The van der Waals surface area contributed by atoms with Crippen molar-refractivity contribution in [3.8, 4) is 0 Å². The van der Waals surface area contributed by atoms with Gasteiger partial charge in [0.1, 0.15) is 11.1 Å². The lowest BCUT2D eigenvalue weighted by Gasteiger charge is -1.94. The van der Waals surface area contributed by atoms with Gasteiger partial charge in [0.15, 0.2) is 0 Å². The quantitative estimate of drug-likeness (QED) is 0.667. The Balaban J connectivity index is 2.64. The van der Waals surface area contributed by atoms with Crippen LogP contribution < -0.4 is 0 Å². The zero-order valence-corrected chi connectivity index (χ0v) is 7.07. The van der Waals surface area contributed by atoms with Gasteiger partial charge in [0.05, 0.1) is 12.6 Å². The number of ether oxygens (including phenoxy) is 1. The molecule has 0 radical (unpaired) electrons. The van der Waals surface area contributed by atoms with Crippen LogP contribution in [-0.4, -0.2) is 23.0 Å². The lowest BCUT2D eigenvalue weighted by atomic mass is 10.3. The molecule has 13 heavy (non-hydrogen) atoms. The Kier molecular flexibility index (Phi) is 1.73. The van der Waals surface area contributed by atoms with E-state index < -0.39 is 0 Å². The molecule has 0 saturated carbocycles. The second-order valence-electron chi connectivity index (χ2n) is 2.59. The number of hydrogen-bond acceptors (Lipinski definition) is 3. The maximum Gasteiger partial charge on any atom is 0.341 e. The molecule has 66 valence electrons. The molecule has 4 nitrogen and oxygen atoms in total. The standard InChI is InChI=1S/C9H8N2O2/c1-13-9(12)6-5-11-7-3-2-4-10-8(6)7/h2-5,11H,1H3. The fraction of sp³-hybridized carbons (Fsp3) is 0.111. The van der Waals surface area contributed by atoms with E-state index in [0.717, 1.165) is 5.52 Å². The monoisotopic (exact) mass is 176 g/mol. The van der Waals surface area contributed by atoms with Gasteiger partial charge < -0.3 is 9.72 Å². The van der Waals surface area contributed by atoms with Crippen molar-refractivity contribution in [3.05, 3.63) is 30.1 Å². The molecule has 4 heteroatoms. The Morgan fingerprint density at radius 1 is 1.62 bits per heavy atom. The molecule has 0 aliphatic carbocycles. The number of rotatable bonds is 1. The predicted molar refractivity (Wildman–Crippen MR) is 47.4 cm³/mol. The highest BCUT2D eigenvalue weighted by Gasteiger charge is 2.11. The first-order chi connectivity index (χ1) is 6.33. The van der Waals surface area contributed by atoms with Gasteiger partial charge in [-0.15, -0.1) is 0 Å². The highest BCUT2D eigenvalue weighted by atomic mass is 16.5. The molecule has 2 aromatic rings. The van der Waals surface area contributed by atoms with Crippen molar-refractivity contribution in [2.45, 2.75) is 0 Å². The third-order valence-corrected chi connectivity index (χ3v) is 1.84. The van der Waals surface area contributed by atoms with Crippen LogP contribution in [0.15, 0.2) is 24.5 Å². The summed E-state index contributed by atoms with van der Waals surface area (Å²) in [6.07, 6.45) is 3.24. The van der Waals surface area contributed by atoms with Crippen LogP contribution in [0, 0.1) is 0 Å². The number of hydrogen-bond donors (Lipinski definition) is 1. The molecule has 0 unspecified atom stereocenters. The average Bonchev–Trinajstić information content (AvgIpc) is 2.60. The second-order valence-corrected chi connectivity index (χ2v) is 2.59. The summed E-state index contributed by atoms with van der Waals surface area (Å²) in [6, 6.07) is 3.66. The smallest absolute Gasteiger partial charge is 0.341 e. The van der Waals surface area contributed by atoms with E-state index in [2.05, 4.69) is 14.7 Å². The fourth-order valence-corrected chi connectivity index (χ4v) is 1.22. The molecule has 0 spiro atoms. The molecule has 0 aliphatic rings. The van der Waals surface area contributed by atoms with Gasteiger partial charge in [-0.2, -0.15) is 0 Å². The highest BCUT2D eigenvalue weighted by Crippen LogP contribution is 2.15. The van der Waals surface area contributed by atoms with E-state index in [4.69, 9.17) is 0 Å². The van der Waals surface area contributed by atoms with Crippen molar-refractivity contribution < 1.29 is 9.53 Å². The maximum atomic E-state index is 11.2. The highest BCUT2D eigenvalue weighted by molar-refractivity contribution is 6.02. The summed E-state index contributed by atoms with van der Waals surface area (Å²) in [7, 11) is 1.35. The van der Waals surface area contributed by atoms with Crippen molar-refractivity contribution in [1.29, 1.82) is 0 Å². The van der Waals surface area contributed by atoms with Gasteiger partial charge in [-0.3, -0.25) is 4.98 Å². The normalized spacial score (nSPS) is 10.2. The first-order valence-corrected chi connectivity index (χ1v) is 3.83. The molecule has 0 aliphatic heterocycles. The number of carbonyl (C=O) groups is 1. The number of fused-ring (bicyclic) bond motifs is 1. The van der Waals surface area contributed by atoms with E-state index >= 15 is 0 Å². The van der Waals surface area contributed by atoms with Crippen LogP contribution in [0.1, 0.15) is 10.4 Å². The third-order valence-electron chi connectivity index (χ3n) is 1.84. The topological polar surface area (TPSA) is 55.0 Å². The summed E-state index contributed by atoms with van der Waals surface area (Å²) in [5.74, 6) is -0.370. The number of aromatic amines is 1. The van der Waals surface area contributed by atoms with Crippen LogP contribution in [0.2, 0.25) is 0 Å². The maximum absolute atomic E-state index is 11.2. The van der Waals surface area contributed by atoms with Crippen LogP contribution in [0.3, 0.4) is 0 Å². The Labute approximate surface area is 74.5 Å². The molecular weight excluding hydrogens is 168 g/mol. The molecule has 2 heterocycles. The zero-order valence-electron chi connectivity index (χ0n) is 7.07. The summed E-state index contributed by atoms with van der Waals surface area (Å²) in [4.78, 5) is 18.2. The number of pyridine rings is 1. The lowest BCUT2D eigenvalue weighted by molar-refractivity contribution is 0.0603. The minimum atomic E-state index is -0.370. The molecule has 0 saturated heterocycles. The van der Waals surface area contributed by atoms with Crippen molar-refractivity contribution >= 4 is 17.0 Å².